The Morgan fingerprint density at radius 1 is 1.67 bits per heavy atom. The fourth-order valence-corrected chi connectivity index (χ4v) is 1.95. The van der Waals surface area contributed by atoms with E-state index in [4.69, 9.17) is 6.42 Å². The Morgan fingerprint density at radius 2 is 2.40 bits per heavy atom. The van der Waals surface area contributed by atoms with Crippen LogP contribution in [0.25, 0.3) is 0 Å². The summed E-state index contributed by atoms with van der Waals surface area (Å²) < 4.78 is 0. The summed E-state index contributed by atoms with van der Waals surface area (Å²) in [5.74, 6) is 2.85. The zero-order chi connectivity index (χ0) is 11.3. The van der Waals surface area contributed by atoms with Crippen LogP contribution in [-0.2, 0) is 4.79 Å². The van der Waals surface area contributed by atoms with Gasteiger partial charge in [-0.05, 0) is 25.8 Å². The summed E-state index contributed by atoms with van der Waals surface area (Å²) in [5, 5.41) is 3.25. The van der Waals surface area contributed by atoms with Crippen LogP contribution in [-0.4, -0.2) is 36.0 Å². The molecule has 3 heteroatoms. The normalized spacial score (nSPS) is 22.9. The van der Waals surface area contributed by atoms with Crippen molar-refractivity contribution in [3.8, 4) is 12.3 Å². The molecule has 15 heavy (non-hydrogen) atoms. The first kappa shape index (κ1) is 12.1. The van der Waals surface area contributed by atoms with Crippen molar-refractivity contribution in [2.24, 2.45) is 0 Å². The van der Waals surface area contributed by atoms with Gasteiger partial charge in [0.25, 0.3) is 0 Å². The van der Waals surface area contributed by atoms with E-state index < -0.39 is 0 Å². The quantitative estimate of drug-likeness (QED) is 0.684. The average molecular weight is 208 g/mol. The average Bonchev–Trinajstić information content (AvgIpc) is 2.60. The van der Waals surface area contributed by atoms with Crippen LogP contribution in [0, 0.1) is 12.3 Å². The smallest absolute Gasteiger partial charge is 0.240 e. The minimum absolute atomic E-state index is 0.00708. The number of terminal acetylenes is 1. The van der Waals surface area contributed by atoms with Crippen molar-refractivity contribution in [3.05, 3.63) is 0 Å². The Morgan fingerprint density at radius 3 is 2.93 bits per heavy atom. The molecule has 0 aromatic carbocycles. The molecular formula is C12H20N2O. The highest BCUT2D eigenvalue weighted by molar-refractivity contribution is 5.84. The van der Waals surface area contributed by atoms with Crippen LogP contribution >= 0.6 is 0 Å². The highest BCUT2D eigenvalue weighted by Gasteiger charge is 2.33. The molecule has 0 saturated carbocycles. The third-order valence-electron chi connectivity index (χ3n) is 2.84. The van der Waals surface area contributed by atoms with Gasteiger partial charge in [0, 0.05) is 6.54 Å². The van der Waals surface area contributed by atoms with E-state index in [0.717, 1.165) is 32.4 Å². The van der Waals surface area contributed by atoms with Crippen LogP contribution in [0.2, 0.25) is 0 Å². The topological polar surface area (TPSA) is 32.3 Å². The lowest BCUT2D eigenvalue weighted by Crippen LogP contribution is -2.42. The Hall–Kier alpha value is -1.01. The molecule has 0 bridgehead atoms. The standard InChI is InChI=1S/C12H20N2O/c1-4-8-13-11-7-9-14(12(11)15)10(5-2)6-3/h2,10-11,13H,4,6-9H2,1,3H3. The van der Waals surface area contributed by atoms with Crippen molar-refractivity contribution >= 4 is 5.91 Å². The van der Waals surface area contributed by atoms with Crippen molar-refractivity contribution in [2.75, 3.05) is 13.1 Å². The molecule has 1 fully saturated rings. The molecule has 1 heterocycles. The molecule has 1 rings (SSSR count). The molecule has 84 valence electrons. The molecule has 0 aliphatic carbocycles. The van der Waals surface area contributed by atoms with E-state index in [1.54, 1.807) is 0 Å². The lowest BCUT2D eigenvalue weighted by Gasteiger charge is -2.22. The molecule has 2 atom stereocenters. The van der Waals surface area contributed by atoms with E-state index in [-0.39, 0.29) is 18.0 Å². The third-order valence-corrected chi connectivity index (χ3v) is 2.84. The van der Waals surface area contributed by atoms with E-state index in [0.29, 0.717) is 0 Å². The molecule has 0 aromatic rings. The lowest BCUT2D eigenvalue weighted by molar-refractivity contribution is -0.130. The Bertz CT molecular complexity index is 257. The first-order valence-corrected chi connectivity index (χ1v) is 5.74. The summed E-state index contributed by atoms with van der Waals surface area (Å²) in [6, 6.07) is -0.0294. The van der Waals surface area contributed by atoms with Gasteiger partial charge < -0.3 is 10.2 Å². The first-order chi connectivity index (χ1) is 7.24. The summed E-state index contributed by atoms with van der Waals surface area (Å²) in [5.41, 5.74) is 0. The SMILES string of the molecule is C#CC(CC)N1CCC(NCCC)C1=O. The largest absolute Gasteiger partial charge is 0.327 e. The number of amides is 1. The Kier molecular flexibility index (Phi) is 4.64. The van der Waals surface area contributed by atoms with Crippen LogP contribution in [0.4, 0.5) is 0 Å². The summed E-state index contributed by atoms with van der Waals surface area (Å²) >= 11 is 0. The van der Waals surface area contributed by atoms with Crippen LogP contribution in [0.3, 0.4) is 0 Å². The zero-order valence-corrected chi connectivity index (χ0v) is 9.62. The molecule has 1 saturated heterocycles. The minimum Gasteiger partial charge on any atom is -0.327 e. The summed E-state index contributed by atoms with van der Waals surface area (Å²) in [7, 11) is 0. The fraction of sp³-hybridized carbons (Fsp3) is 0.750. The van der Waals surface area contributed by atoms with Gasteiger partial charge in [0.15, 0.2) is 0 Å². The van der Waals surface area contributed by atoms with Crippen LogP contribution in [0.5, 0.6) is 0 Å². The molecular weight excluding hydrogens is 188 g/mol. The summed E-state index contributed by atoms with van der Waals surface area (Å²) in [6.07, 6.45) is 8.18. The van der Waals surface area contributed by atoms with Crippen molar-refractivity contribution in [3.63, 3.8) is 0 Å². The maximum Gasteiger partial charge on any atom is 0.240 e. The van der Waals surface area contributed by atoms with Gasteiger partial charge in [-0.25, -0.2) is 0 Å². The lowest BCUT2D eigenvalue weighted by atomic mass is 10.2. The maximum absolute atomic E-state index is 11.9. The molecule has 1 aliphatic heterocycles. The second-order valence-electron chi connectivity index (χ2n) is 3.92. The first-order valence-electron chi connectivity index (χ1n) is 5.74. The third kappa shape index (κ3) is 2.73. The van der Waals surface area contributed by atoms with Gasteiger partial charge in [-0.15, -0.1) is 6.42 Å². The van der Waals surface area contributed by atoms with Crippen LogP contribution in [0.1, 0.15) is 33.1 Å². The van der Waals surface area contributed by atoms with Gasteiger partial charge in [-0.1, -0.05) is 19.8 Å². The number of nitrogens with one attached hydrogen (secondary N) is 1. The number of carbonyl (C=O) groups is 1. The molecule has 0 spiro atoms. The van der Waals surface area contributed by atoms with Crippen molar-refractivity contribution in [1.82, 2.24) is 10.2 Å². The Balaban J connectivity index is 2.52. The fourth-order valence-electron chi connectivity index (χ4n) is 1.95. The summed E-state index contributed by atoms with van der Waals surface area (Å²) in [6.45, 7) is 5.81. The minimum atomic E-state index is -0.0223. The van der Waals surface area contributed by atoms with E-state index >= 15 is 0 Å². The van der Waals surface area contributed by atoms with E-state index in [1.165, 1.54) is 0 Å². The van der Waals surface area contributed by atoms with E-state index in [1.807, 2.05) is 11.8 Å². The predicted molar refractivity (Wildman–Crippen MR) is 61.3 cm³/mol. The number of likely N-dealkylation sites (tertiary alicyclic amines) is 1. The van der Waals surface area contributed by atoms with Crippen LogP contribution in [0.15, 0.2) is 0 Å². The van der Waals surface area contributed by atoms with Gasteiger partial charge >= 0.3 is 0 Å². The monoisotopic (exact) mass is 208 g/mol. The number of hydrogen-bond donors (Lipinski definition) is 1. The molecule has 3 nitrogen and oxygen atoms in total. The number of rotatable bonds is 5. The number of nitrogens with zero attached hydrogens (tertiary/aromatic N) is 1. The second kappa shape index (κ2) is 5.77. The second-order valence-corrected chi connectivity index (χ2v) is 3.92. The van der Waals surface area contributed by atoms with Gasteiger partial charge in [0.1, 0.15) is 0 Å². The van der Waals surface area contributed by atoms with Gasteiger partial charge in [0.2, 0.25) is 5.91 Å². The molecule has 2 unspecified atom stereocenters. The van der Waals surface area contributed by atoms with E-state index in [2.05, 4.69) is 18.2 Å². The highest BCUT2D eigenvalue weighted by atomic mass is 16.2. The van der Waals surface area contributed by atoms with Gasteiger partial charge in [-0.2, -0.15) is 0 Å². The molecule has 1 N–H and O–H groups in total. The van der Waals surface area contributed by atoms with Gasteiger partial charge in [-0.3, -0.25) is 4.79 Å². The van der Waals surface area contributed by atoms with Crippen LogP contribution < -0.4 is 5.32 Å². The van der Waals surface area contributed by atoms with E-state index in [9.17, 15) is 4.79 Å². The predicted octanol–water partition coefficient (Wildman–Crippen LogP) is 0.999. The zero-order valence-electron chi connectivity index (χ0n) is 9.62. The van der Waals surface area contributed by atoms with Crippen molar-refractivity contribution in [1.29, 1.82) is 0 Å². The molecule has 0 radical (unpaired) electrons. The van der Waals surface area contributed by atoms with Crippen molar-refractivity contribution in [2.45, 2.75) is 45.2 Å². The number of carbonyl (C=O) groups excluding carboxylic acids is 1. The Labute approximate surface area is 92.2 Å². The highest BCUT2D eigenvalue weighted by Crippen LogP contribution is 2.16. The molecule has 0 aromatic heterocycles. The summed E-state index contributed by atoms with van der Waals surface area (Å²) in [4.78, 5) is 13.8. The molecule has 1 aliphatic rings. The number of hydrogen-bond acceptors (Lipinski definition) is 2. The maximum atomic E-state index is 11.9. The van der Waals surface area contributed by atoms with Crippen molar-refractivity contribution < 1.29 is 4.79 Å². The van der Waals surface area contributed by atoms with Gasteiger partial charge in [0.05, 0.1) is 12.1 Å². The molecule has 1 amide bonds.